The molecule has 2 aromatic rings. The number of benzene rings is 1. The van der Waals surface area contributed by atoms with Crippen LogP contribution in [0.3, 0.4) is 0 Å². The van der Waals surface area contributed by atoms with Gasteiger partial charge in [-0.2, -0.15) is 0 Å². The van der Waals surface area contributed by atoms with Crippen LogP contribution in [0.2, 0.25) is 0 Å². The standard InChI is InChI=1S/C17H21N2/c1-17(2,3)15-7-5-14(6-8-15)13-19(4)16-9-11-18-12-10-16/h5-7,9-12H,13H2,1-4H3. The van der Waals surface area contributed by atoms with Gasteiger partial charge in [0.2, 0.25) is 0 Å². The molecular weight excluding hydrogens is 232 g/mol. The SMILES string of the molecule is CN(Cc1c[c]c(C(C)(C)C)cc1)c1ccncc1. The summed E-state index contributed by atoms with van der Waals surface area (Å²) in [5, 5.41) is 0. The first-order chi connectivity index (χ1) is 8.97. The van der Waals surface area contributed by atoms with Gasteiger partial charge in [0.1, 0.15) is 0 Å². The summed E-state index contributed by atoms with van der Waals surface area (Å²) in [5.74, 6) is 0. The third-order valence-electron chi connectivity index (χ3n) is 3.21. The molecule has 0 amide bonds. The minimum atomic E-state index is 0.162. The molecule has 99 valence electrons. The highest BCUT2D eigenvalue weighted by molar-refractivity contribution is 5.44. The number of anilines is 1. The topological polar surface area (TPSA) is 16.1 Å². The van der Waals surface area contributed by atoms with Crippen molar-refractivity contribution in [3.63, 3.8) is 0 Å². The van der Waals surface area contributed by atoms with E-state index >= 15 is 0 Å². The summed E-state index contributed by atoms with van der Waals surface area (Å²) in [4.78, 5) is 6.25. The molecule has 2 rings (SSSR count). The number of rotatable bonds is 3. The van der Waals surface area contributed by atoms with Gasteiger partial charge in [0.15, 0.2) is 0 Å². The van der Waals surface area contributed by atoms with Crippen molar-refractivity contribution in [1.82, 2.24) is 4.98 Å². The van der Waals surface area contributed by atoms with E-state index in [0.717, 1.165) is 6.54 Å². The Hall–Kier alpha value is -1.83. The minimum Gasteiger partial charge on any atom is -0.370 e. The first-order valence-electron chi connectivity index (χ1n) is 6.59. The summed E-state index contributed by atoms with van der Waals surface area (Å²) in [5.41, 5.74) is 3.86. The predicted octanol–water partition coefficient (Wildman–Crippen LogP) is 3.82. The van der Waals surface area contributed by atoms with E-state index in [1.54, 1.807) is 0 Å². The van der Waals surface area contributed by atoms with Gasteiger partial charge in [-0.25, -0.2) is 0 Å². The van der Waals surface area contributed by atoms with Gasteiger partial charge in [-0.3, -0.25) is 4.98 Å². The Morgan fingerprint density at radius 3 is 2.32 bits per heavy atom. The number of hydrogen-bond acceptors (Lipinski definition) is 2. The average molecular weight is 253 g/mol. The number of pyridine rings is 1. The summed E-state index contributed by atoms with van der Waals surface area (Å²) in [7, 11) is 2.09. The van der Waals surface area contributed by atoms with Crippen molar-refractivity contribution >= 4 is 5.69 Å². The summed E-state index contributed by atoms with van der Waals surface area (Å²) in [6.07, 6.45) is 3.64. The second-order valence-corrected chi connectivity index (χ2v) is 5.92. The van der Waals surface area contributed by atoms with Gasteiger partial charge < -0.3 is 4.90 Å². The molecule has 0 aliphatic carbocycles. The summed E-state index contributed by atoms with van der Waals surface area (Å²) < 4.78 is 0. The van der Waals surface area contributed by atoms with Gasteiger partial charge in [-0.1, -0.05) is 32.9 Å². The molecule has 0 atom stereocenters. The van der Waals surface area contributed by atoms with Crippen molar-refractivity contribution in [2.45, 2.75) is 32.7 Å². The molecule has 0 bridgehead atoms. The highest BCUT2D eigenvalue weighted by Gasteiger charge is 2.13. The van der Waals surface area contributed by atoms with E-state index in [9.17, 15) is 0 Å². The summed E-state index contributed by atoms with van der Waals surface area (Å²) in [6.45, 7) is 7.51. The van der Waals surface area contributed by atoms with Crippen LogP contribution < -0.4 is 4.90 Å². The maximum absolute atomic E-state index is 4.04. The molecule has 0 N–H and O–H groups in total. The Morgan fingerprint density at radius 1 is 1.11 bits per heavy atom. The lowest BCUT2D eigenvalue weighted by Crippen LogP contribution is -2.17. The van der Waals surface area contributed by atoms with Crippen molar-refractivity contribution in [2.24, 2.45) is 0 Å². The van der Waals surface area contributed by atoms with Gasteiger partial charge in [0.05, 0.1) is 0 Å². The molecule has 1 heterocycles. The van der Waals surface area contributed by atoms with E-state index in [1.165, 1.54) is 16.8 Å². The number of nitrogens with zero attached hydrogens (tertiary/aromatic N) is 2. The van der Waals surface area contributed by atoms with Crippen LogP contribution in [0.5, 0.6) is 0 Å². The fourth-order valence-corrected chi connectivity index (χ4v) is 1.99. The molecule has 0 aliphatic heterocycles. The zero-order valence-corrected chi connectivity index (χ0v) is 12.1. The fourth-order valence-electron chi connectivity index (χ4n) is 1.99. The smallest absolute Gasteiger partial charge is 0.0426 e. The Kier molecular flexibility index (Phi) is 3.89. The molecular formula is C17H21N2. The van der Waals surface area contributed by atoms with Crippen molar-refractivity contribution in [3.05, 3.63) is 59.9 Å². The molecule has 0 saturated carbocycles. The number of hydrogen-bond donors (Lipinski definition) is 0. The molecule has 0 aliphatic rings. The van der Waals surface area contributed by atoms with Gasteiger partial charge in [-0.05, 0) is 40.8 Å². The lowest BCUT2D eigenvalue weighted by molar-refractivity contribution is 0.589. The molecule has 2 heteroatoms. The van der Waals surface area contributed by atoms with Crippen LogP contribution in [0.15, 0.2) is 42.7 Å². The van der Waals surface area contributed by atoms with Crippen molar-refractivity contribution in [3.8, 4) is 0 Å². The van der Waals surface area contributed by atoms with Crippen LogP contribution in [0.4, 0.5) is 5.69 Å². The van der Waals surface area contributed by atoms with E-state index in [1.807, 2.05) is 24.5 Å². The largest absolute Gasteiger partial charge is 0.370 e. The van der Waals surface area contributed by atoms with Crippen LogP contribution in [0.25, 0.3) is 0 Å². The Morgan fingerprint density at radius 2 is 1.79 bits per heavy atom. The summed E-state index contributed by atoms with van der Waals surface area (Å²) >= 11 is 0. The van der Waals surface area contributed by atoms with Crippen LogP contribution in [0.1, 0.15) is 31.9 Å². The van der Waals surface area contributed by atoms with Gasteiger partial charge in [-0.15, -0.1) is 0 Å². The molecule has 0 fully saturated rings. The third-order valence-corrected chi connectivity index (χ3v) is 3.21. The molecule has 0 saturated heterocycles. The zero-order valence-electron chi connectivity index (χ0n) is 12.1. The van der Waals surface area contributed by atoms with Gasteiger partial charge in [0, 0.05) is 31.7 Å². The Balaban J connectivity index is 2.08. The van der Waals surface area contributed by atoms with Crippen LogP contribution >= 0.6 is 0 Å². The monoisotopic (exact) mass is 253 g/mol. The first-order valence-corrected chi connectivity index (χ1v) is 6.59. The molecule has 0 unspecified atom stereocenters. The molecule has 0 spiro atoms. The molecule has 2 nitrogen and oxygen atoms in total. The highest BCUT2D eigenvalue weighted by atomic mass is 15.1. The molecule has 1 aromatic carbocycles. The second-order valence-electron chi connectivity index (χ2n) is 5.92. The Bertz CT molecular complexity index is 509. The molecule has 1 aromatic heterocycles. The zero-order chi connectivity index (χ0) is 13.9. The van der Waals surface area contributed by atoms with Crippen LogP contribution in [-0.4, -0.2) is 12.0 Å². The molecule has 1 radical (unpaired) electrons. The van der Waals surface area contributed by atoms with Crippen molar-refractivity contribution < 1.29 is 0 Å². The number of aromatic nitrogens is 1. The third kappa shape index (κ3) is 3.57. The maximum Gasteiger partial charge on any atom is 0.0426 e. The van der Waals surface area contributed by atoms with Crippen molar-refractivity contribution in [1.29, 1.82) is 0 Å². The normalized spacial score (nSPS) is 11.4. The summed E-state index contributed by atoms with van der Waals surface area (Å²) in [6, 6.07) is 13.9. The quantitative estimate of drug-likeness (QED) is 0.826. The predicted molar refractivity (Wildman–Crippen MR) is 80.3 cm³/mol. The van der Waals surface area contributed by atoms with Crippen LogP contribution in [-0.2, 0) is 12.0 Å². The van der Waals surface area contributed by atoms with Gasteiger partial charge in [0.25, 0.3) is 0 Å². The lowest BCUT2D eigenvalue weighted by Gasteiger charge is -2.21. The fraction of sp³-hybridized carbons (Fsp3) is 0.353. The molecule has 19 heavy (non-hydrogen) atoms. The van der Waals surface area contributed by atoms with E-state index in [-0.39, 0.29) is 5.41 Å². The first kappa shape index (κ1) is 13.6. The van der Waals surface area contributed by atoms with Gasteiger partial charge >= 0.3 is 0 Å². The van der Waals surface area contributed by atoms with E-state index < -0.39 is 0 Å². The van der Waals surface area contributed by atoms with Crippen LogP contribution in [0, 0.1) is 6.07 Å². The average Bonchev–Trinajstić information content (AvgIpc) is 2.39. The highest BCUT2D eigenvalue weighted by Crippen LogP contribution is 2.22. The minimum absolute atomic E-state index is 0.162. The second kappa shape index (κ2) is 5.43. The van der Waals surface area contributed by atoms with E-state index in [0.29, 0.717) is 0 Å². The lowest BCUT2D eigenvalue weighted by atomic mass is 9.87. The van der Waals surface area contributed by atoms with Crippen molar-refractivity contribution in [2.75, 3.05) is 11.9 Å². The maximum atomic E-state index is 4.04. The van der Waals surface area contributed by atoms with E-state index in [4.69, 9.17) is 0 Å². The Labute approximate surface area is 116 Å². The van der Waals surface area contributed by atoms with E-state index in [2.05, 4.69) is 62.0 Å².